The first-order valence-electron chi connectivity index (χ1n) is 8.04. The minimum absolute atomic E-state index is 0.167. The minimum atomic E-state index is -0.748. The van der Waals surface area contributed by atoms with E-state index in [1.807, 2.05) is 20.8 Å². The molecule has 0 saturated heterocycles. The van der Waals surface area contributed by atoms with Gasteiger partial charge in [0.05, 0.1) is 6.61 Å². The maximum absolute atomic E-state index is 12.6. The normalized spacial score (nSPS) is 23.2. The number of esters is 1. The number of nitrogens with one attached hydrogen (secondary N) is 1. The van der Waals surface area contributed by atoms with Gasteiger partial charge < -0.3 is 10.1 Å². The summed E-state index contributed by atoms with van der Waals surface area (Å²) < 4.78 is 5.08. The monoisotopic (exact) mass is 297 g/mol. The molecule has 1 saturated carbocycles. The van der Waals surface area contributed by atoms with Crippen molar-refractivity contribution in [1.29, 1.82) is 0 Å². The number of hydrogen-bond acceptors (Lipinski definition) is 3. The molecule has 0 aromatic rings. The van der Waals surface area contributed by atoms with Gasteiger partial charge in [-0.3, -0.25) is 9.59 Å². The molecule has 0 aliphatic heterocycles. The van der Waals surface area contributed by atoms with Crippen molar-refractivity contribution in [3.63, 3.8) is 0 Å². The van der Waals surface area contributed by atoms with E-state index < -0.39 is 17.3 Å². The number of ether oxygens (including phenoxy) is 1. The topological polar surface area (TPSA) is 55.4 Å². The van der Waals surface area contributed by atoms with Crippen LogP contribution in [-0.4, -0.2) is 24.5 Å². The number of rotatable bonds is 4. The second-order valence-corrected chi connectivity index (χ2v) is 8.02. The van der Waals surface area contributed by atoms with Gasteiger partial charge in [0.1, 0.15) is 5.92 Å². The van der Waals surface area contributed by atoms with Gasteiger partial charge in [-0.1, -0.05) is 41.0 Å². The van der Waals surface area contributed by atoms with Crippen molar-refractivity contribution in [2.45, 2.75) is 73.3 Å². The van der Waals surface area contributed by atoms with Crippen LogP contribution in [0, 0.1) is 16.7 Å². The number of amides is 1. The summed E-state index contributed by atoms with van der Waals surface area (Å²) in [5.41, 5.74) is -0.183. The van der Waals surface area contributed by atoms with Gasteiger partial charge >= 0.3 is 5.97 Å². The van der Waals surface area contributed by atoms with Crippen molar-refractivity contribution in [2.24, 2.45) is 16.7 Å². The van der Waals surface area contributed by atoms with Crippen LogP contribution in [0.15, 0.2) is 0 Å². The van der Waals surface area contributed by atoms with Gasteiger partial charge in [-0.2, -0.15) is 0 Å². The molecule has 0 aromatic carbocycles. The van der Waals surface area contributed by atoms with Gasteiger partial charge in [-0.15, -0.1) is 0 Å². The third-order valence-electron chi connectivity index (χ3n) is 4.20. The first-order chi connectivity index (χ1) is 9.57. The molecular formula is C17H31NO3. The molecule has 2 unspecified atom stereocenters. The molecule has 0 heterocycles. The molecule has 2 atom stereocenters. The molecule has 1 N–H and O–H groups in total. The molecule has 1 rings (SSSR count). The summed E-state index contributed by atoms with van der Waals surface area (Å²) in [6.45, 7) is 12.2. The smallest absolute Gasteiger partial charge is 0.319 e. The molecule has 0 radical (unpaired) electrons. The van der Waals surface area contributed by atoms with E-state index in [-0.39, 0.29) is 17.4 Å². The van der Waals surface area contributed by atoms with E-state index in [0.717, 1.165) is 19.3 Å². The fraction of sp³-hybridized carbons (Fsp3) is 0.882. The zero-order valence-electron chi connectivity index (χ0n) is 14.4. The third-order valence-corrected chi connectivity index (χ3v) is 4.20. The van der Waals surface area contributed by atoms with Crippen molar-refractivity contribution in [3.05, 3.63) is 0 Å². The van der Waals surface area contributed by atoms with Gasteiger partial charge in [-0.25, -0.2) is 0 Å². The summed E-state index contributed by atoms with van der Waals surface area (Å²) in [4.78, 5) is 24.7. The van der Waals surface area contributed by atoms with E-state index >= 15 is 0 Å². The molecule has 4 heteroatoms. The zero-order valence-corrected chi connectivity index (χ0v) is 14.4. The quantitative estimate of drug-likeness (QED) is 0.640. The van der Waals surface area contributed by atoms with E-state index in [9.17, 15) is 9.59 Å². The predicted octanol–water partition coefficient (Wildman–Crippen LogP) is 3.30. The lowest BCUT2D eigenvalue weighted by atomic mass is 9.74. The van der Waals surface area contributed by atoms with Gasteiger partial charge in [0, 0.05) is 6.04 Å². The summed E-state index contributed by atoms with van der Waals surface area (Å²) in [6.07, 6.45) is 4.28. The summed E-state index contributed by atoms with van der Waals surface area (Å²) >= 11 is 0. The average molecular weight is 297 g/mol. The van der Waals surface area contributed by atoms with Crippen LogP contribution < -0.4 is 5.32 Å². The Balaban J connectivity index is 2.75. The SMILES string of the molecule is CCOC(=O)C(C(=O)NC1CCCC(C)(C)C1)C(C)(C)C. The van der Waals surface area contributed by atoms with E-state index in [4.69, 9.17) is 4.74 Å². The summed E-state index contributed by atoms with van der Waals surface area (Å²) in [5, 5.41) is 3.08. The van der Waals surface area contributed by atoms with E-state index in [0.29, 0.717) is 6.61 Å². The Morgan fingerprint density at radius 1 is 1.33 bits per heavy atom. The van der Waals surface area contributed by atoms with Crippen LogP contribution in [0.25, 0.3) is 0 Å². The Labute approximate surface area is 129 Å². The standard InChI is InChI=1S/C17H31NO3/c1-7-21-15(20)13(16(2,3)4)14(19)18-12-9-8-10-17(5,6)11-12/h12-13H,7-11H2,1-6H3,(H,18,19). The lowest BCUT2D eigenvalue weighted by Gasteiger charge is -2.37. The Morgan fingerprint density at radius 2 is 1.95 bits per heavy atom. The van der Waals surface area contributed by atoms with Crippen molar-refractivity contribution in [1.82, 2.24) is 5.32 Å². The lowest BCUT2D eigenvalue weighted by Crippen LogP contribution is -2.49. The highest BCUT2D eigenvalue weighted by Crippen LogP contribution is 2.35. The molecular weight excluding hydrogens is 266 g/mol. The van der Waals surface area contributed by atoms with E-state index in [1.165, 1.54) is 6.42 Å². The Morgan fingerprint density at radius 3 is 2.43 bits per heavy atom. The van der Waals surface area contributed by atoms with Crippen LogP contribution in [0.2, 0.25) is 0 Å². The summed E-state index contributed by atoms with van der Waals surface area (Å²) in [6, 6.07) is 0.167. The molecule has 0 aromatic heterocycles. The molecule has 4 nitrogen and oxygen atoms in total. The Kier molecular flexibility index (Phi) is 5.83. The largest absolute Gasteiger partial charge is 0.465 e. The molecule has 1 fully saturated rings. The van der Waals surface area contributed by atoms with Crippen molar-refractivity contribution < 1.29 is 14.3 Å². The van der Waals surface area contributed by atoms with Crippen molar-refractivity contribution in [3.8, 4) is 0 Å². The van der Waals surface area contributed by atoms with Crippen LogP contribution in [0.4, 0.5) is 0 Å². The average Bonchev–Trinajstić information content (AvgIpc) is 2.25. The highest BCUT2D eigenvalue weighted by Gasteiger charge is 2.40. The molecule has 0 bridgehead atoms. The van der Waals surface area contributed by atoms with Crippen LogP contribution in [0.5, 0.6) is 0 Å². The van der Waals surface area contributed by atoms with E-state index in [1.54, 1.807) is 6.92 Å². The van der Waals surface area contributed by atoms with Crippen LogP contribution >= 0.6 is 0 Å². The van der Waals surface area contributed by atoms with Crippen LogP contribution in [-0.2, 0) is 14.3 Å². The molecule has 1 aliphatic rings. The zero-order chi connectivity index (χ0) is 16.3. The molecule has 21 heavy (non-hydrogen) atoms. The molecule has 1 amide bonds. The number of carbonyl (C=O) groups excluding carboxylic acids is 2. The van der Waals surface area contributed by atoms with Gasteiger partial charge in [0.15, 0.2) is 0 Å². The van der Waals surface area contributed by atoms with Crippen LogP contribution in [0.3, 0.4) is 0 Å². The highest BCUT2D eigenvalue weighted by atomic mass is 16.5. The van der Waals surface area contributed by atoms with E-state index in [2.05, 4.69) is 19.2 Å². The van der Waals surface area contributed by atoms with Crippen LogP contribution in [0.1, 0.15) is 67.2 Å². The predicted molar refractivity (Wildman–Crippen MR) is 83.8 cm³/mol. The lowest BCUT2D eigenvalue weighted by molar-refractivity contribution is -0.157. The highest BCUT2D eigenvalue weighted by molar-refractivity contribution is 5.98. The van der Waals surface area contributed by atoms with Crippen molar-refractivity contribution >= 4 is 11.9 Å². The Bertz CT molecular complexity index is 382. The second kappa shape index (κ2) is 6.80. The first kappa shape index (κ1) is 18.0. The first-order valence-corrected chi connectivity index (χ1v) is 8.04. The molecule has 0 spiro atoms. The Hall–Kier alpha value is -1.06. The maximum atomic E-state index is 12.6. The summed E-state index contributed by atoms with van der Waals surface area (Å²) in [7, 11) is 0. The number of carbonyl (C=O) groups is 2. The second-order valence-electron chi connectivity index (χ2n) is 8.02. The summed E-state index contributed by atoms with van der Waals surface area (Å²) in [5.74, 6) is -1.36. The fourth-order valence-corrected chi connectivity index (χ4v) is 3.19. The van der Waals surface area contributed by atoms with Gasteiger partial charge in [0.2, 0.25) is 5.91 Å². The molecule has 122 valence electrons. The fourth-order valence-electron chi connectivity index (χ4n) is 3.19. The third kappa shape index (κ3) is 5.33. The minimum Gasteiger partial charge on any atom is -0.465 e. The van der Waals surface area contributed by atoms with Crippen molar-refractivity contribution in [2.75, 3.05) is 6.61 Å². The number of hydrogen-bond donors (Lipinski definition) is 1. The molecule has 1 aliphatic carbocycles. The maximum Gasteiger partial charge on any atom is 0.319 e. The van der Waals surface area contributed by atoms with Gasteiger partial charge in [-0.05, 0) is 37.0 Å². The van der Waals surface area contributed by atoms with Gasteiger partial charge in [0.25, 0.3) is 0 Å².